The molecule has 0 bridgehead atoms. The second kappa shape index (κ2) is 12.3. The molecule has 0 heterocycles. The molecular weight excluding hydrogens is 476 g/mol. The van der Waals surface area contributed by atoms with E-state index < -0.39 is 0 Å². The Morgan fingerprint density at radius 3 is 2.11 bits per heavy atom. The normalized spacial score (nSPS) is 10.7. The summed E-state index contributed by atoms with van der Waals surface area (Å²) in [7, 11) is 6.50. The zero-order valence-corrected chi connectivity index (χ0v) is 18.9. The lowest BCUT2D eigenvalue weighted by Crippen LogP contribution is -2.37. The molecule has 0 saturated carbocycles. The first-order valence-electron chi connectivity index (χ1n) is 8.59. The van der Waals surface area contributed by atoms with Crippen LogP contribution >= 0.6 is 24.0 Å². The highest BCUT2D eigenvalue weighted by molar-refractivity contribution is 14.0. The third-order valence-electron chi connectivity index (χ3n) is 4.08. The summed E-state index contributed by atoms with van der Waals surface area (Å²) in [5.41, 5.74) is 1.97. The Morgan fingerprint density at radius 1 is 0.929 bits per heavy atom. The van der Waals surface area contributed by atoms with Crippen LogP contribution < -0.4 is 24.8 Å². The van der Waals surface area contributed by atoms with Gasteiger partial charge in [-0.3, -0.25) is 4.99 Å². The molecule has 0 aromatic heterocycles. The first-order chi connectivity index (χ1) is 13.1. The summed E-state index contributed by atoms with van der Waals surface area (Å²) >= 11 is 0. The van der Waals surface area contributed by atoms with Gasteiger partial charge >= 0.3 is 0 Å². The molecule has 2 aromatic rings. The van der Waals surface area contributed by atoms with Crippen molar-refractivity contribution >= 4 is 29.9 Å². The Bertz CT molecular complexity index is 770. The molecule has 0 aliphatic carbocycles. The Labute approximate surface area is 182 Å². The van der Waals surface area contributed by atoms with Crippen molar-refractivity contribution in [2.45, 2.75) is 13.0 Å². The summed E-state index contributed by atoms with van der Waals surface area (Å²) in [6, 6.07) is 10.2. The number of hydrogen-bond donors (Lipinski definition) is 2. The van der Waals surface area contributed by atoms with Crippen LogP contribution in [0.1, 0.15) is 11.1 Å². The van der Waals surface area contributed by atoms with Crippen molar-refractivity contribution in [3.63, 3.8) is 0 Å². The van der Waals surface area contributed by atoms with Crippen molar-refractivity contribution in [3.05, 3.63) is 53.3 Å². The van der Waals surface area contributed by atoms with Crippen LogP contribution in [0.5, 0.6) is 17.2 Å². The smallest absolute Gasteiger partial charge is 0.191 e. The van der Waals surface area contributed by atoms with Gasteiger partial charge < -0.3 is 24.8 Å². The SMILES string of the molecule is CN=C(NCCc1ccc(F)cc1)NCc1cc(OC)c(OC)cc1OC.I. The predicted molar refractivity (Wildman–Crippen MR) is 120 cm³/mol. The Balaban J connectivity index is 0.00000392. The highest BCUT2D eigenvalue weighted by Gasteiger charge is 2.12. The second-order valence-corrected chi connectivity index (χ2v) is 5.75. The molecule has 2 rings (SSSR count). The number of rotatable bonds is 8. The van der Waals surface area contributed by atoms with Crippen LogP contribution in [0.2, 0.25) is 0 Å². The maximum Gasteiger partial charge on any atom is 0.191 e. The van der Waals surface area contributed by atoms with E-state index in [-0.39, 0.29) is 29.8 Å². The Morgan fingerprint density at radius 2 is 1.54 bits per heavy atom. The average Bonchev–Trinajstić information content (AvgIpc) is 2.71. The van der Waals surface area contributed by atoms with E-state index in [4.69, 9.17) is 14.2 Å². The minimum Gasteiger partial charge on any atom is -0.496 e. The van der Waals surface area contributed by atoms with Gasteiger partial charge in [0.05, 0.1) is 21.3 Å². The maximum absolute atomic E-state index is 12.9. The third-order valence-corrected chi connectivity index (χ3v) is 4.08. The number of nitrogens with zero attached hydrogens (tertiary/aromatic N) is 1. The molecule has 0 atom stereocenters. The molecule has 6 nitrogen and oxygen atoms in total. The van der Waals surface area contributed by atoms with Gasteiger partial charge in [-0.1, -0.05) is 12.1 Å². The largest absolute Gasteiger partial charge is 0.496 e. The van der Waals surface area contributed by atoms with Crippen LogP contribution in [0.4, 0.5) is 4.39 Å². The number of aliphatic imine (C=N–C) groups is 1. The first-order valence-corrected chi connectivity index (χ1v) is 8.59. The van der Waals surface area contributed by atoms with E-state index in [0.29, 0.717) is 36.3 Å². The van der Waals surface area contributed by atoms with E-state index in [1.807, 2.05) is 6.07 Å². The number of benzene rings is 2. The van der Waals surface area contributed by atoms with E-state index in [2.05, 4.69) is 15.6 Å². The highest BCUT2D eigenvalue weighted by Crippen LogP contribution is 2.34. The molecule has 0 amide bonds. The Kier molecular flexibility index (Phi) is 10.4. The van der Waals surface area contributed by atoms with Crippen molar-refractivity contribution in [1.82, 2.24) is 10.6 Å². The molecule has 0 saturated heterocycles. The van der Waals surface area contributed by atoms with Crippen molar-refractivity contribution in [3.8, 4) is 17.2 Å². The topological polar surface area (TPSA) is 64.1 Å². The third kappa shape index (κ3) is 6.74. The summed E-state index contributed by atoms with van der Waals surface area (Å²) in [5.74, 6) is 2.37. The maximum atomic E-state index is 12.9. The fraction of sp³-hybridized carbons (Fsp3) is 0.350. The molecule has 0 unspecified atom stereocenters. The van der Waals surface area contributed by atoms with E-state index >= 15 is 0 Å². The lowest BCUT2D eigenvalue weighted by molar-refractivity contribution is 0.347. The predicted octanol–water partition coefficient (Wildman–Crippen LogP) is 3.38. The first kappa shape index (κ1) is 23.8. The van der Waals surface area contributed by atoms with Crippen LogP contribution in [0, 0.1) is 5.82 Å². The lowest BCUT2D eigenvalue weighted by atomic mass is 10.1. The molecule has 2 aromatic carbocycles. The van der Waals surface area contributed by atoms with Gasteiger partial charge in [0, 0.05) is 31.8 Å². The van der Waals surface area contributed by atoms with Gasteiger partial charge in [0.25, 0.3) is 0 Å². The minimum atomic E-state index is -0.229. The number of hydrogen-bond acceptors (Lipinski definition) is 4. The molecule has 2 N–H and O–H groups in total. The summed E-state index contributed by atoms with van der Waals surface area (Å²) in [6.07, 6.45) is 0.765. The molecule has 28 heavy (non-hydrogen) atoms. The van der Waals surface area contributed by atoms with E-state index in [1.165, 1.54) is 12.1 Å². The number of guanidine groups is 1. The zero-order valence-electron chi connectivity index (χ0n) is 16.5. The molecule has 0 aliphatic rings. The van der Waals surface area contributed by atoms with Crippen LogP contribution in [0.25, 0.3) is 0 Å². The molecule has 8 heteroatoms. The van der Waals surface area contributed by atoms with Crippen molar-refractivity contribution < 1.29 is 18.6 Å². The van der Waals surface area contributed by atoms with E-state index in [9.17, 15) is 4.39 Å². The van der Waals surface area contributed by atoms with Gasteiger partial charge in [0.2, 0.25) is 0 Å². The van der Waals surface area contributed by atoms with E-state index in [1.54, 1.807) is 46.6 Å². The fourth-order valence-electron chi connectivity index (χ4n) is 2.61. The zero-order chi connectivity index (χ0) is 19.6. The molecular formula is C20H27FIN3O3. The van der Waals surface area contributed by atoms with Gasteiger partial charge in [-0.05, 0) is 30.2 Å². The van der Waals surface area contributed by atoms with Crippen molar-refractivity contribution in [1.29, 1.82) is 0 Å². The molecule has 0 radical (unpaired) electrons. The van der Waals surface area contributed by atoms with Gasteiger partial charge in [0.15, 0.2) is 17.5 Å². The summed E-state index contributed by atoms with van der Waals surface area (Å²) in [4.78, 5) is 4.22. The molecule has 0 aliphatic heterocycles. The van der Waals surface area contributed by atoms with Gasteiger partial charge in [-0.25, -0.2) is 4.39 Å². The van der Waals surface area contributed by atoms with Crippen molar-refractivity contribution in [2.24, 2.45) is 4.99 Å². The van der Waals surface area contributed by atoms with Crippen LogP contribution in [-0.2, 0) is 13.0 Å². The number of ether oxygens (including phenoxy) is 3. The van der Waals surface area contributed by atoms with Gasteiger partial charge in [-0.2, -0.15) is 0 Å². The minimum absolute atomic E-state index is 0. The highest BCUT2D eigenvalue weighted by atomic mass is 127. The molecule has 0 fully saturated rings. The van der Waals surface area contributed by atoms with Gasteiger partial charge in [-0.15, -0.1) is 24.0 Å². The van der Waals surface area contributed by atoms with E-state index in [0.717, 1.165) is 17.5 Å². The number of nitrogens with one attached hydrogen (secondary N) is 2. The summed E-state index contributed by atoms with van der Waals surface area (Å²) < 4.78 is 29.0. The number of halogens is 2. The second-order valence-electron chi connectivity index (χ2n) is 5.75. The number of methoxy groups -OCH3 is 3. The monoisotopic (exact) mass is 503 g/mol. The summed E-state index contributed by atoms with van der Waals surface area (Å²) in [6.45, 7) is 1.17. The van der Waals surface area contributed by atoms with Crippen LogP contribution in [0.3, 0.4) is 0 Å². The fourth-order valence-corrected chi connectivity index (χ4v) is 2.61. The standard InChI is InChI=1S/C20H26FN3O3.HI/c1-22-20(23-10-9-14-5-7-16(21)8-6-14)24-13-15-11-18(26-3)19(27-4)12-17(15)25-2;/h5-8,11-12H,9-10,13H2,1-4H3,(H2,22,23,24);1H. The Hall–Kier alpha value is -2.23. The van der Waals surface area contributed by atoms with Crippen molar-refractivity contribution in [2.75, 3.05) is 34.9 Å². The molecule has 154 valence electrons. The van der Waals surface area contributed by atoms with Crippen LogP contribution in [0.15, 0.2) is 41.4 Å². The molecule has 0 spiro atoms. The van der Waals surface area contributed by atoms with Gasteiger partial charge in [0.1, 0.15) is 11.6 Å². The lowest BCUT2D eigenvalue weighted by Gasteiger charge is -2.16. The average molecular weight is 503 g/mol. The quantitative estimate of drug-likeness (QED) is 0.329. The summed E-state index contributed by atoms with van der Waals surface area (Å²) in [5, 5.41) is 6.49. The van der Waals surface area contributed by atoms with Crippen LogP contribution in [-0.4, -0.2) is 40.9 Å².